The molecule has 1 heterocycles. The van der Waals surface area contributed by atoms with Crippen LogP contribution in [0, 0.1) is 11.3 Å². The molecule has 1 atom stereocenters. The summed E-state index contributed by atoms with van der Waals surface area (Å²) in [7, 11) is -3.62. The van der Waals surface area contributed by atoms with Crippen molar-refractivity contribution in [1.29, 1.82) is 5.26 Å². The first-order valence-electron chi connectivity index (χ1n) is 10.00. The number of rotatable bonds is 6. The third kappa shape index (κ3) is 5.08. The van der Waals surface area contributed by atoms with E-state index in [-0.39, 0.29) is 10.9 Å². The topological polar surface area (TPSA) is 73.2 Å². The number of anilines is 1. The number of sulfonamides is 1. The molecule has 0 saturated heterocycles. The zero-order valence-corrected chi connectivity index (χ0v) is 18.4. The Morgan fingerprint density at radius 3 is 2.45 bits per heavy atom. The van der Waals surface area contributed by atoms with Gasteiger partial charge >= 0.3 is 0 Å². The smallest absolute Gasteiger partial charge is 0.240 e. The van der Waals surface area contributed by atoms with E-state index in [9.17, 15) is 8.42 Å². The Balaban J connectivity index is 1.58. The van der Waals surface area contributed by atoms with Crippen molar-refractivity contribution in [2.45, 2.75) is 30.3 Å². The molecule has 158 valence electrons. The van der Waals surface area contributed by atoms with Gasteiger partial charge in [-0.1, -0.05) is 54.1 Å². The number of fused-ring (bicyclic) bond motifs is 1. The number of nitriles is 1. The molecule has 0 spiro atoms. The highest BCUT2D eigenvalue weighted by molar-refractivity contribution is 7.89. The van der Waals surface area contributed by atoms with E-state index in [1.807, 2.05) is 42.5 Å². The Morgan fingerprint density at radius 1 is 1.03 bits per heavy atom. The Kier molecular flexibility index (Phi) is 6.28. The molecule has 0 aromatic heterocycles. The van der Waals surface area contributed by atoms with Gasteiger partial charge < -0.3 is 4.90 Å². The van der Waals surface area contributed by atoms with E-state index >= 15 is 0 Å². The zero-order chi connectivity index (χ0) is 21.8. The highest BCUT2D eigenvalue weighted by Crippen LogP contribution is 2.31. The fourth-order valence-corrected chi connectivity index (χ4v) is 5.35. The van der Waals surface area contributed by atoms with E-state index in [0.29, 0.717) is 31.0 Å². The molecule has 0 radical (unpaired) electrons. The number of hydrogen-bond donors (Lipinski definition) is 1. The summed E-state index contributed by atoms with van der Waals surface area (Å²) in [6.45, 7) is 1.17. The molecule has 4 rings (SSSR count). The van der Waals surface area contributed by atoms with Gasteiger partial charge in [-0.25, -0.2) is 13.1 Å². The molecule has 1 N–H and O–H groups in total. The van der Waals surface area contributed by atoms with Crippen LogP contribution in [0.5, 0.6) is 0 Å². The van der Waals surface area contributed by atoms with E-state index in [4.69, 9.17) is 16.9 Å². The van der Waals surface area contributed by atoms with Crippen LogP contribution in [0.25, 0.3) is 0 Å². The summed E-state index contributed by atoms with van der Waals surface area (Å²) in [6.07, 6.45) is 0.953. The van der Waals surface area contributed by atoms with Crippen molar-refractivity contribution in [2.24, 2.45) is 0 Å². The standard InChI is InChI=1S/C24H22ClN3O2S/c25-21-10-11-24-20(14-21)15-22(27-31(29,30)23-4-2-1-3-5-23)17-28(24)16-19-8-6-18(7-9-19)12-13-26/h1-11,14,22,27H,12,15-17H2. The average molecular weight is 452 g/mol. The lowest BCUT2D eigenvalue weighted by Gasteiger charge is -2.36. The number of nitrogens with zero attached hydrogens (tertiary/aromatic N) is 2. The summed E-state index contributed by atoms with van der Waals surface area (Å²) in [6, 6.07) is 24.0. The van der Waals surface area contributed by atoms with Gasteiger partial charge in [0.25, 0.3) is 0 Å². The van der Waals surface area contributed by atoms with E-state index in [1.54, 1.807) is 30.3 Å². The van der Waals surface area contributed by atoms with E-state index in [0.717, 1.165) is 22.4 Å². The first-order valence-corrected chi connectivity index (χ1v) is 11.9. The minimum Gasteiger partial charge on any atom is -0.365 e. The first-order chi connectivity index (χ1) is 14.9. The molecule has 1 aliphatic heterocycles. The summed E-state index contributed by atoms with van der Waals surface area (Å²) < 4.78 is 28.6. The van der Waals surface area contributed by atoms with Gasteiger partial charge in [0.1, 0.15) is 0 Å². The van der Waals surface area contributed by atoms with E-state index < -0.39 is 10.0 Å². The average Bonchev–Trinajstić information content (AvgIpc) is 2.75. The maximum atomic E-state index is 12.9. The summed E-state index contributed by atoms with van der Waals surface area (Å²) in [4.78, 5) is 2.43. The van der Waals surface area contributed by atoms with Crippen molar-refractivity contribution in [3.63, 3.8) is 0 Å². The molecule has 31 heavy (non-hydrogen) atoms. The second-order valence-electron chi connectivity index (χ2n) is 7.64. The normalized spacial score (nSPS) is 15.9. The maximum Gasteiger partial charge on any atom is 0.240 e. The predicted octanol–water partition coefficient (Wildman–Crippen LogP) is 4.32. The van der Waals surface area contributed by atoms with Crippen LogP contribution < -0.4 is 9.62 Å². The number of hydrogen-bond acceptors (Lipinski definition) is 4. The summed E-state index contributed by atoms with van der Waals surface area (Å²) in [5.74, 6) is 0. The van der Waals surface area contributed by atoms with Crippen LogP contribution in [0.2, 0.25) is 5.02 Å². The molecular formula is C24H22ClN3O2S. The molecule has 7 heteroatoms. The second-order valence-corrected chi connectivity index (χ2v) is 9.79. The molecule has 0 saturated carbocycles. The predicted molar refractivity (Wildman–Crippen MR) is 123 cm³/mol. The minimum atomic E-state index is -3.62. The van der Waals surface area contributed by atoms with Gasteiger partial charge in [-0.3, -0.25) is 0 Å². The van der Waals surface area contributed by atoms with Crippen LogP contribution in [0.1, 0.15) is 16.7 Å². The number of nitrogens with one attached hydrogen (secondary N) is 1. The van der Waals surface area contributed by atoms with Crippen molar-refractivity contribution in [3.05, 3.63) is 94.5 Å². The van der Waals surface area contributed by atoms with Crippen molar-refractivity contribution < 1.29 is 8.42 Å². The van der Waals surface area contributed by atoms with Crippen LogP contribution in [0.15, 0.2) is 77.7 Å². The second kappa shape index (κ2) is 9.11. The Labute approximate surface area is 187 Å². The zero-order valence-electron chi connectivity index (χ0n) is 16.8. The van der Waals surface area contributed by atoms with Gasteiger partial charge in [0.2, 0.25) is 10.0 Å². The van der Waals surface area contributed by atoms with E-state index in [1.165, 1.54) is 0 Å². The maximum absolute atomic E-state index is 12.9. The minimum absolute atomic E-state index is 0.256. The Hall–Kier alpha value is -2.85. The SMILES string of the molecule is N#CCc1ccc(CN2CC(NS(=O)(=O)c3ccccc3)Cc3cc(Cl)ccc32)cc1. The summed E-state index contributed by atoms with van der Waals surface area (Å²) >= 11 is 6.22. The molecule has 5 nitrogen and oxygen atoms in total. The van der Waals surface area contributed by atoms with Crippen molar-refractivity contribution in [2.75, 3.05) is 11.4 Å². The van der Waals surface area contributed by atoms with Gasteiger partial charge in [-0.05, 0) is 53.4 Å². The van der Waals surface area contributed by atoms with Crippen molar-refractivity contribution >= 4 is 27.3 Å². The molecule has 0 aliphatic carbocycles. The van der Waals surface area contributed by atoms with Gasteiger partial charge in [-0.15, -0.1) is 0 Å². The third-order valence-corrected chi connectivity index (χ3v) is 7.12. The molecule has 3 aromatic carbocycles. The summed E-state index contributed by atoms with van der Waals surface area (Å²) in [5, 5.41) is 9.49. The molecule has 0 fully saturated rings. The largest absolute Gasteiger partial charge is 0.365 e. The lowest BCUT2D eigenvalue weighted by atomic mass is 9.97. The monoisotopic (exact) mass is 451 g/mol. The highest BCUT2D eigenvalue weighted by Gasteiger charge is 2.28. The fraction of sp³-hybridized carbons (Fsp3) is 0.208. The van der Waals surface area contributed by atoms with Crippen LogP contribution in [-0.2, 0) is 29.4 Å². The van der Waals surface area contributed by atoms with Crippen molar-refractivity contribution in [1.82, 2.24) is 4.72 Å². The van der Waals surface area contributed by atoms with Crippen LogP contribution in [-0.4, -0.2) is 21.0 Å². The summed E-state index contributed by atoms with van der Waals surface area (Å²) in [5.41, 5.74) is 4.14. The Bertz CT molecular complexity index is 1210. The molecule has 1 aliphatic rings. The van der Waals surface area contributed by atoms with Gasteiger partial charge in [-0.2, -0.15) is 5.26 Å². The quantitative estimate of drug-likeness (QED) is 0.605. The lowest BCUT2D eigenvalue weighted by molar-refractivity contribution is 0.524. The van der Waals surface area contributed by atoms with Crippen LogP contribution in [0.4, 0.5) is 5.69 Å². The molecule has 0 amide bonds. The van der Waals surface area contributed by atoms with Crippen molar-refractivity contribution in [3.8, 4) is 6.07 Å². The number of halogens is 1. The highest BCUT2D eigenvalue weighted by atomic mass is 35.5. The van der Waals surface area contributed by atoms with Crippen LogP contribution in [0.3, 0.4) is 0 Å². The van der Waals surface area contributed by atoms with Gasteiger partial charge in [0.05, 0.1) is 17.4 Å². The fourth-order valence-electron chi connectivity index (χ4n) is 3.91. The molecular weight excluding hydrogens is 430 g/mol. The first kappa shape index (κ1) is 21.4. The van der Waals surface area contributed by atoms with Crippen LogP contribution >= 0.6 is 11.6 Å². The Morgan fingerprint density at radius 2 is 1.74 bits per heavy atom. The lowest BCUT2D eigenvalue weighted by Crippen LogP contribution is -2.48. The van der Waals surface area contributed by atoms with Gasteiger partial charge in [0.15, 0.2) is 0 Å². The molecule has 3 aromatic rings. The molecule has 0 bridgehead atoms. The molecule has 1 unspecified atom stereocenters. The number of benzene rings is 3. The van der Waals surface area contributed by atoms with E-state index in [2.05, 4.69) is 15.7 Å². The van der Waals surface area contributed by atoms with Gasteiger partial charge in [0, 0.05) is 29.8 Å². The third-order valence-electron chi connectivity index (χ3n) is 5.34.